The topological polar surface area (TPSA) is 103 Å². The van der Waals surface area contributed by atoms with E-state index >= 15 is 0 Å². The van der Waals surface area contributed by atoms with Crippen LogP contribution in [0.15, 0.2) is 18.3 Å². The zero-order valence-corrected chi connectivity index (χ0v) is 10.8. The van der Waals surface area contributed by atoms with Crippen molar-refractivity contribution in [3.63, 3.8) is 0 Å². The number of rotatable bonds is 7. The van der Waals surface area contributed by atoms with Crippen LogP contribution in [0.1, 0.15) is 23.8 Å². The minimum Gasteiger partial charge on any atom is -0.477 e. The van der Waals surface area contributed by atoms with Crippen LogP contribution in [0.3, 0.4) is 0 Å². The number of aromatic nitrogens is 1. The molecular weight excluding hydrogens is 248 g/mol. The van der Waals surface area contributed by atoms with E-state index in [9.17, 15) is 9.59 Å². The average molecular weight is 266 g/mol. The molecule has 0 saturated carbocycles. The summed E-state index contributed by atoms with van der Waals surface area (Å²) >= 11 is 0. The van der Waals surface area contributed by atoms with Crippen molar-refractivity contribution >= 4 is 17.7 Å². The summed E-state index contributed by atoms with van der Waals surface area (Å²) in [6.07, 6.45) is 2.15. The number of carboxylic acids is 1. The summed E-state index contributed by atoms with van der Waals surface area (Å²) < 4.78 is 0. The van der Waals surface area contributed by atoms with Crippen LogP contribution in [0.2, 0.25) is 0 Å². The Hall–Kier alpha value is -2.15. The van der Waals surface area contributed by atoms with Crippen molar-refractivity contribution in [3.05, 3.63) is 24.0 Å². The SMILES string of the molecule is CCNCCCNC(=O)Nc1ccc(C(=O)O)nc1. The number of aromatic carboxylic acids is 1. The van der Waals surface area contributed by atoms with Crippen molar-refractivity contribution in [1.29, 1.82) is 0 Å². The third kappa shape index (κ3) is 5.82. The van der Waals surface area contributed by atoms with Crippen LogP contribution in [-0.4, -0.2) is 41.7 Å². The van der Waals surface area contributed by atoms with E-state index in [1.165, 1.54) is 18.3 Å². The number of hydrogen-bond acceptors (Lipinski definition) is 4. The molecule has 1 rings (SSSR count). The third-order valence-electron chi connectivity index (χ3n) is 2.31. The molecule has 1 heterocycles. The first-order chi connectivity index (χ1) is 9.13. The molecule has 0 bridgehead atoms. The van der Waals surface area contributed by atoms with Crippen molar-refractivity contribution in [3.8, 4) is 0 Å². The summed E-state index contributed by atoms with van der Waals surface area (Å²) in [4.78, 5) is 25.8. The second kappa shape index (κ2) is 8.04. The minimum atomic E-state index is -1.10. The van der Waals surface area contributed by atoms with Crippen LogP contribution in [-0.2, 0) is 0 Å². The van der Waals surface area contributed by atoms with Gasteiger partial charge in [0.1, 0.15) is 5.69 Å². The molecule has 0 fully saturated rings. The van der Waals surface area contributed by atoms with E-state index in [4.69, 9.17) is 5.11 Å². The highest BCUT2D eigenvalue weighted by Crippen LogP contribution is 2.05. The molecule has 0 aliphatic heterocycles. The summed E-state index contributed by atoms with van der Waals surface area (Å²) in [5.74, 6) is -1.10. The number of urea groups is 1. The molecule has 4 N–H and O–H groups in total. The Bertz CT molecular complexity index is 419. The summed E-state index contributed by atoms with van der Waals surface area (Å²) in [6.45, 7) is 4.35. The summed E-state index contributed by atoms with van der Waals surface area (Å²) in [5.41, 5.74) is 0.394. The summed E-state index contributed by atoms with van der Waals surface area (Å²) in [6, 6.07) is 2.50. The standard InChI is InChI=1S/C12H18N4O3/c1-2-13-6-3-7-14-12(19)16-9-4-5-10(11(17)18)15-8-9/h4-5,8,13H,2-3,6-7H2,1H3,(H,17,18)(H2,14,16,19). The van der Waals surface area contributed by atoms with Crippen LogP contribution < -0.4 is 16.0 Å². The van der Waals surface area contributed by atoms with E-state index in [2.05, 4.69) is 20.9 Å². The third-order valence-corrected chi connectivity index (χ3v) is 2.31. The first kappa shape index (κ1) is 14.9. The molecule has 0 radical (unpaired) electrons. The van der Waals surface area contributed by atoms with E-state index in [0.717, 1.165) is 19.5 Å². The second-order valence-electron chi connectivity index (χ2n) is 3.83. The summed E-state index contributed by atoms with van der Waals surface area (Å²) in [5, 5.41) is 17.1. The van der Waals surface area contributed by atoms with Crippen molar-refractivity contribution < 1.29 is 14.7 Å². The fraction of sp³-hybridized carbons (Fsp3) is 0.417. The molecule has 0 atom stereocenters. The number of carboxylic acid groups (broad SMARTS) is 1. The number of carbonyl (C=O) groups excluding carboxylic acids is 1. The zero-order valence-electron chi connectivity index (χ0n) is 10.8. The van der Waals surface area contributed by atoms with Gasteiger partial charge in [0.05, 0.1) is 11.9 Å². The highest BCUT2D eigenvalue weighted by atomic mass is 16.4. The van der Waals surface area contributed by atoms with Gasteiger partial charge in [-0.2, -0.15) is 0 Å². The Morgan fingerprint density at radius 2 is 2.11 bits per heavy atom. The maximum absolute atomic E-state index is 11.5. The number of pyridine rings is 1. The lowest BCUT2D eigenvalue weighted by atomic mass is 10.3. The van der Waals surface area contributed by atoms with Crippen LogP contribution >= 0.6 is 0 Å². The van der Waals surface area contributed by atoms with Crippen molar-refractivity contribution in [1.82, 2.24) is 15.6 Å². The molecule has 104 valence electrons. The van der Waals surface area contributed by atoms with Gasteiger partial charge in [-0.3, -0.25) is 0 Å². The maximum Gasteiger partial charge on any atom is 0.354 e. The lowest BCUT2D eigenvalue weighted by molar-refractivity contribution is 0.0690. The number of nitrogens with zero attached hydrogens (tertiary/aromatic N) is 1. The largest absolute Gasteiger partial charge is 0.477 e. The molecular formula is C12H18N4O3. The number of amides is 2. The van der Waals surface area contributed by atoms with Gasteiger partial charge in [-0.1, -0.05) is 6.92 Å². The van der Waals surface area contributed by atoms with Crippen molar-refractivity contribution in [2.45, 2.75) is 13.3 Å². The Morgan fingerprint density at radius 3 is 2.68 bits per heavy atom. The Kier molecular flexibility index (Phi) is 6.31. The van der Waals surface area contributed by atoms with Crippen LogP contribution in [0.4, 0.5) is 10.5 Å². The highest BCUT2D eigenvalue weighted by molar-refractivity contribution is 5.90. The van der Waals surface area contributed by atoms with E-state index < -0.39 is 5.97 Å². The number of hydrogen-bond donors (Lipinski definition) is 4. The van der Waals surface area contributed by atoms with Crippen LogP contribution in [0, 0.1) is 0 Å². The molecule has 19 heavy (non-hydrogen) atoms. The van der Waals surface area contributed by atoms with Crippen molar-refractivity contribution in [2.24, 2.45) is 0 Å². The molecule has 1 aromatic rings. The monoisotopic (exact) mass is 266 g/mol. The van der Waals surface area contributed by atoms with Gasteiger partial charge in [0.2, 0.25) is 0 Å². The molecule has 7 nitrogen and oxygen atoms in total. The molecule has 7 heteroatoms. The van der Waals surface area contributed by atoms with Gasteiger partial charge < -0.3 is 21.1 Å². The van der Waals surface area contributed by atoms with Gasteiger partial charge in [0.15, 0.2) is 0 Å². The molecule has 1 aromatic heterocycles. The number of nitrogens with one attached hydrogen (secondary N) is 3. The Balaban J connectivity index is 2.30. The molecule has 0 unspecified atom stereocenters. The van der Waals surface area contributed by atoms with E-state index in [0.29, 0.717) is 12.2 Å². The maximum atomic E-state index is 11.5. The zero-order chi connectivity index (χ0) is 14.1. The first-order valence-corrected chi connectivity index (χ1v) is 6.08. The predicted molar refractivity (Wildman–Crippen MR) is 71.4 cm³/mol. The predicted octanol–water partition coefficient (Wildman–Crippen LogP) is 0.901. The van der Waals surface area contributed by atoms with Gasteiger partial charge >= 0.3 is 12.0 Å². The average Bonchev–Trinajstić information content (AvgIpc) is 2.39. The Morgan fingerprint density at radius 1 is 1.32 bits per heavy atom. The molecule has 0 saturated heterocycles. The Labute approximate surface area is 111 Å². The molecule has 0 aliphatic carbocycles. The van der Waals surface area contributed by atoms with Gasteiger partial charge in [0.25, 0.3) is 0 Å². The lowest BCUT2D eigenvalue weighted by Crippen LogP contribution is -2.31. The lowest BCUT2D eigenvalue weighted by Gasteiger charge is -2.07. The molecule has 0 aliphatic rings. The summed E-state index contributed by atoms with van der Waals surface area (Å²) in [7, 11) is 0. The number of anilines is 1. The number of carbonyl (C=O) groups is 2. The van der Waals surface area contributed by atoms with Gasteiger partial charge in [-0.25, -0.2) is 14.6 Å². The van der Waals surface area contributed by atoms with E-state index in [-0.39, 0.29) is 11.7 Å². The van der Waals surface area contributed by atoms with Gasteiger partial charge in [0, 0.05) is 6.54 Å². The second-order valence-corrected chi connectivity index (χ2v) is 3.83. The molecule has 0 aromatic carbocycles. The van der Waals surface area contributed by atoms with Crippen LogP contribution in [0.5, 0.6) is 0 Å². The molecule has 0 spiro atoms. The van der Waals surface area contributed by atoms with Gasteiger partial charge in [-0.15, -0.1) is 0 Å². The molecule has 2 amide bonds. The first-order valence-electron chi connectivity index (χ1n) is 6.08. The minimum absolute atomic E-state index is 0.0587. The normalized spacial score (nSPS) is 9.95. The van der Waals surface area contributed by atoms with Gasteiger partial charge in [-0.05, 0) is 31.6 Å². The van der Waals surface area contributed by atoms with Crippen molar-refractivity contribution in [2.75, 3.05) is 25.0 Å². The van der Waals surface area contributed by atoms with Crippen LogP contribution in [0.25, 0.3) is 0 Å². The fourth-order valence-corrected chi connectivity index (χ4v) is 1.36. The van der Waals surface area contributed by atoms with E-state index in [1.54, 1.807) is 0 Å². The van der Waals surface area contributed by atoms with E-state index in [1.807, 2.05) is 6.92 Å². The quantitative estimate of drug-likeness (QED) is 0.549. The smallest absolute Gasteiger partial charge is 0.354 e. The fourth-order valence-electron chi connectivity index (χ4n) is 1.36. The highest BCUT2D eigenvalue weighted by Gasteiger charge is 2.05.